The molecule has 3 rings (SSSR count). The van der Waals surface area contributed by atoms with E-state index in [2.05, 4.69) is 6.92 Å². The van der Waals surface area contributed by atoms with E-state index in [1.165, 1.54) is 11.6 Å². The third-order valence-corrected chi connectivity index (χ3v) is 5.69. The minimum atomic E-state index is -3.11. The number of aliphatic hydroxyl groups is 5. The van der Waals surface area contributed by atoms with E-state index in [9.17, 15) is 25.5 Å². The van der Waals surface area contributed by atoms with Crippen molar-refractivity contribution in [2.24, 2.45) is 0 Å². The van der Waals surface area contributed by atoms with Crippen LogP contribution in [-0.4, -0.2) is 44.3 Å². The second-order valence-corrected chi connectivity index (χ2v) is 7.97. The molecule has 0 amide bonds. The van der Waals surface area contributed by atoms with Gasteiger partial charge in [-0.3, -0.25) is 0 Å². The number of ether oxygens (including phenoxy) is 1. The SMILES string of the molecule is CCc1ccc(Cc2cc(C3CC(O)CC(CO)O3)c(C(O)(O)O)cc2Cl)cc1. The van der Waals surface area contributed by atoms with E-state index in [-0.39, 0.29) is 30.0 Å². The Morgan fingerprint density at radius 2 is 1.72 bits per heavy atom. The third kappa shape index (κ3) is 5.35. The molecule has 7 heteroatoms. The van der Waals surface area contributed by atoms with Crippen LogP contribution in [0, 0.1) is 0 Å². The van der Waals surface area contributed by atoms with Gasteiger partial charge in [0.25, 0.3) is 0 Å². The van der Waals surface area contributed by atoms with Gasteiger partial charge in [0.15, 0.2) is 0 Å². The fourth-order valence-corrected chi connectivity index (χ4v) is 3.98. The zero-order valence-electron chi connectivity index (χ0n) is 16.3. The summed E-state index contributed by atoms with van der Waals surface area (Å²) >= 11 is 6.38. The summed E-state index contributed by atoms with van der Waals surface area (Å²) in [6.45, 7) is 1.82. The summed E-state index contributed by atoms with van der Waals surface area (Å²) in [6, 6.07) is 11.1. The minimum absolute atomic E-state index is 0.200. The van der Waals surface area contributed by atoms with Crippen LogP contribution >= 0.6 is 11.6 Å². The molecular formula is C22H27ClO6. The van der Waals surface area contributed by atoms with Crippen LogP contribution < -0.4 is 0 Å². The summed E-state index contributed by atoms with van der Waals surface area (Å²) in [5.74, 6) is -3.11. The van der Waals surface area contributed by atoms with Gasteiger partial charge < -0.3 is 30.3 Å². The van der Waals surface area contributed by atoms with E-state index in [0.717, 1.165) is 17.5 Å². The van der Waals surface area contributed by atoms with Crippen molar-refractivity contribution in [1.82, 2.24) is 0 Å². The average molecular weight is 423 g/mol. The highest BCUT2D eigenvalue weighted by molar-refractivity contribution is 6.31. The van der Waals surface area contributed by atoms with E-state index >= 15 is 0 Å². The van der Waals surface area contributed by atoms with E-state index < -0.39 is 24.3 Å². The predicted octanol–water partition coefficient (Wildman–Crippen LogP) is 2.15. The first-order valence-electron chi connectivity index (χ1n) is 9.73. The molecular weight excluding hydrogens is 396 g/mol. The first-order valence-corrected chi connectivity index (χ1v) is 10.1. The Bertz CT molecular complexity index is 830. The fourth-order valence-electron chi connectivity index (χ4n) is 3.75. The molecule has 1 heterocycles. The second kappa shape index (κ2) is 9.10. The predicted molar refractivity (Wildman–Crippen MR) is 108 cm³/mol. The number of aryl methyl sites for hydroxylation is 1. The number of benzene rings is 2. The molecule has 6 nitrogen and oxygen atoms in total. The molecule has 0 spiro atoms. The summed E-state index contributed by atoms with van der Waals surface area (Å²) < 4.78 is 5.82. The smallest absolute Gasteiger partial charge is 0.304 e. The molecule has 158 valence electrons. The van der Waals surface area contributed by atoms with Crippen LogP contribution in [0.15, 0.2) is 36.4 Å². The van der Waals surface area contributed by atoms with E-state index in [4.69, 9.17) is 16.3 Å². The number of aliphatic hydroxyl groups excluding tert-OH is 2. The van der Waals surface area contributed by atoms with Crippen molar-refractivity contribution in [2.45, 2.75) is 56.9 Å². The molecule has 29 heavy (non-hydrogen) atoms. The fraction of sp³-hybridized carbons (Fsp3) is 0.455. The van der Waals surface area contributed by atoms with Crippen molar-refractivity contribution in [2.75, 3.05) is 6.61 Å². The summed E-state index contributed by atoms with van der Waals surface area (Å²) in [6.07, 6.45) is -0.0907. The van der Waals surface area contributed by atoms with Crippen molar-refractivity contribution in [3.63, 3.8) is 0 Å². The Morgan fingerprint density at radius 3 is 2.31 bits per heavy atom. The number of hydrogen-bond donors (Lipinski definition) is 5. The van der Waals surface area contributed by atoms with Gasteiger partial charge in [0, 0.05) is 23.4 Å². The van der Waals surface area contributed by atoms with Crippen molar-refractivity contribution >= 4 is 11.6 Å². The Hall–Kier alpha value is -1.51. The Morgan fingerprint density at radius 1 is 1.07 bits per heavy atom. The van der Waals surface area contributed by atoms with Crippen molar-refractivity contribution in [1.29, 1.82) is 0 Å². The Kier molecular flexibility index (Phi) is 6.96. The number of halogens is 1. The molecule has 1 fully saturated rings. The second-order valence-electron chi connectivity index (χ2n) is 7.57. The molecule has 3 atom stereocenters. The lowest BCUT2D eigenvalue weighted by molar-refractivity contribution is -0.324. The third-order valence-electron chi connectivity index (χ3n) is 5.33. The first kappa shape index (κ1) is 22.2. The van der Waals surface area contributed by atoms with Crippen molar-refractivity contribution < 1.29 is 30.3 Å². The van der Waals surface area contributed by atoms with Gasteiger partial charge >= 0.3 is 5.97 Å². The Labute approximate surface area is 175 Å². The molecule has 0 saturated carbocycles. The molecule has 1 aliphatic heterocycles. The van der Waals surface area contributed by atoms with Crippen LogP contribution in [0.5, 0.6) is 0 Å². The van der Waals surface area contributed by atoms with E-state index in [0.29, 0.717) is 12.0 Å². The molecule has 3 unspecified atom stereocenters. The molecule has 0 aromatic heterocycles. The largest absolute Gasteiger partial charge is 0.394 e. The van der Waals surface area contributed by atoms with Gasteiger partial charge in [-0.1, -0.05) is 48.9 Å². The molecule has 0 radical (unpaired) electrons. The van der Waals surface area contributed by atoms with Crippen LogP contribution in [0.4, 0.5) is 0 Å². The van der Waals surface area contributed by atoms with Gasteiger partial charge in [-0.2, -0.15) is 0 Å². The summed E-state index contributed by atoms with van der Waals surface area (Å²) in [4.78, 5) is 0. The van der Waals surface area contributed by atoms with Crippen LogP contribution in [0.2, 0.25) is 5.02 Å². The van der Waals surface area contributed by atoms with Gasteiger partial charge in [0.2, 0.25) is 0 Å². The summed E-state index contributed by atoms with van der Waals surface area (Å²) in [5.41, 5.74) is 3.09. The molecule has 0 bridgehead atoms. The molecule has 2 aromatic rings. The normalized spacial score (nSPS) is 22.7. The van der Waals surface area contributed by atoms with E-state index in [1.54, 1.807) is 6.07 Å². The zero-order chi connectivity index (χ0) is 21.2. The van der Waals surface area contributed by atoms with Gasteiger partial charge in [0.1, 0.15) is 0 Å². The van der Waals surface area contributed by atoms with Gasteiger partial charge in [-0.25, -0.2) is 0 Å². The van der Waals surface area contributed by atoms with Crippen molar-refractivity contribution in [3.8, 4) is 0 Å². The lowest BCUT2D eigenvalue weighted by atomic mass is 9.90. The Balaban J connectivity index is 1.99. The lowest BCUT2D eigenvalue weighted by Gasteiger charge is -2.34. The summed E-state index contributed by atoms with van der Waals surface area (Å²) in [7, 11) is 0. The average Bonchev–Trinajstić information content (AvgIpc) is 2.68. The van der Waals surface area contributed by atoms with Crippen LogP contribution in [0.1, 0.15) is 53.7 Å². The standard InChI is InChI=1S/C22H27ClO6/c1-2-13-3-5-14(6-4-13)7-15-8-18(19(11-20(15)23)22(26,27)28)21-10-16(25)9-17(12-24)29-21/h3-6,8,11,16-17,21,24-28H,2,7,9-10,12H2,1H3. The summed E-state index contributed by atoms with van der Waals surface area (Å²) in [5, 5.41) is 49.4. The monoisotopic (exact) mass is 422 g/mol. The van der Waals surface area contributed by atoms with Crippen LogP contribution in [0.3, 0.4) is 0 Å². The quantitative estimate of drug-likeness (QED) is 0.456. The maximum atomic E-state index is 10.1. The molecule has 0 aliphatic carbocycles. The van der Waals surface area contributed by atoms with E-state index in [1.807, 2.05) is 24.3 Å². The highest BCUT2D eigenvalue weighted by Crippen LogP contribution is 2.38. The molecule has 1 aliphatic rings. The van der Waals surface area contributed by atoms with Gasteiger partial charge in [0.05, 0.1) is 24.9 Å². The van der Waals surface area contributed by atoms with Gasteiger partial charge in [-0.15, -0.1) is 0 Å². The van der Waals surface area contributed by atoms with Crippen LogP contribution in [-0.2, 0) is 23.6 Å². The number of hydrogen-bond acceptors (Lipinski definition) is 6. The highest BCUT2D eigenvalue weighted by Gasteiger charge is 2.35. The van der Waals surface area contributed by atoms with Gasteiger partial charge in [-0.05, 0) is 41.2 Å². The first-order chi connectivity index (χ1) is 13.7. The van der Waals surface area contributed by atoms with Crippen LogP contribution in [0.25, 0.3) is 0 Å². The highest BCUT2D eigenvalue weighted by atomic mass is 35.5. The molecule has 2 aromatic carbocycles. The van der Waals surface area contributed by atoms with Crippen molar-refractivity contribution in [3.05, 3.63) is 69.2 Å². The zero-order valence-corrected chi connectivity index (χ0v) is 17.0. The maximum Gasteiger partial charge on any atom is 0.304 e. The topological polar surface area (TPSA) is 110 Å². The molecule has 1 saturated heterocycles. The minimum Gasteiger partial charge on any atom is -0.394 e. The molecule has 5 N–H and O–H groups in total. The lowest BCUT2D eigenvalue weighted by Crippen LogP contribution is -2.35. The number of rotatable bonds is 6. The maximum absolute atomic E-state index is 10.1.